The number of carbonyl (C=O) groups is 1. The van der Waals surface area contributed by atoms with E-state index < -0.39 is 0 Å². The van der Waals surface area contributed by atoms with Gasteiger partial charge in [0.1, 0.15) is 0 Å². The number of nitrogens with one attached hydrogen (secondary N) is 2. The van der Waals surface area contributed by atoms with Gasteiger partial charge in [-0.25, -0.2) is 4.99 Å². The van der Waals surface area contributed by atoms with E-state index in [0.717, 1.165) is 11.3 Å². The van der Waals surface area contributed by atoms with Crippen molar-refractivity contribution in [2.45, 2.75) is 26.3 Å². The molecule has 1 aliphatic heterocycles. The van der Waals surface area contributed by atoms with Gasteiger partial charge in [-0.3, -0.25) is 15.1 Å². The average Bonchev–Trinajstić information content (AvgIpc) is 3.26. The Hall–Kier alpha value is -3.87. The average molecular weight is 416 g/mol. The van der Waals surface area contributed by atoms with E-state index in [0.29, 0.717) is 35.5 Å². The minimum atomic E-state index is -0.293. The first-order valence-electron chi connectivity index (χ1n) is 10.1. The minimum Gasteiger partial charge on any atom is -0.454 e. The Labute approximate surface area is 181 Å². The monoisotopic (exact) mass is 416 g/mol. The second-order valence-corrected chi connectivity index (χ2v) is 7.44. The van der Waals surface area contributed by atoms with Crippen LogP contribution in [0.1, 0.15) is 41.3 Å². The molecule has 3 aromatic rings. The van der Waals surface area contributed by atoms with Gasteiger partial charge in [0, 0.05) is 23.6 Å². The Morgan fingerprint density at radius 2 is 1.77 bits per heavy atom. The van der Waals surface area contributed by atoms with E-state index in [1.165, 1.54) is 5.56 Å². The lowest BCUT2D eigenvalue weighted by atomic mass is 10.0. The molecule has 0 aliphatic carbocycles. The highest BCUT2D eigenvalue weighted by Crippen LogP contribution is 2.32. The fourth-order valence-corrected chi connectivity index (χ4v) is 3.07. The number of rotatable bonds is 5. The lowest BCUT2D eigenvalue weighted by Gasteiger charge is -2.13. The smallest absolute Gasteiger partial charge is 0.258 e. The molecule has 0 saturated heterocycles. The maximum atomic E-state index is 12.9. The largest absolute Gasteiger partial charge is 0.454 e. The number of hydrogen-bond acceptors (Lipinski definition) is 5. The molecule has 0 fully saturated rings. The maximum absolute atomic E-state index is 12.9. The van der Waals surface area contributed by atoms with Gasteiger partial charge >= 0.3 is 0 Å². The van der Waals surface area contributed by atoms with Crippen LogP contribution in [-0.4, -0.2) is 23.6 Å². The van der Waals surface area contributed by atoms with E-state index in [4.69, 9.17) is 9.47 Å². The molecule has 2 N–H and O–H groups in total. The van der Waals surface area contributed by atoms with E-state index in [9.17, 15) is 4.79 Å². The van der Waals surface area contributed by atoms with Gasteiger partial charge in [0.25, 0.3) is 5.91 Å². The molecular formula is C24H24N4O3. The number of aromatic nitrogens is 1. The highest BCUT2D eigenvalue weighted by atomic mass is 16.7. The summed E-state index contributed by atoms with van der Waals surface area (Å²) in [5.41, 5.74) is 3.52. The van der Waals surface area contributed by atoms with Crippen LogP contribution in [0, 0.1) is 0 Å². The zero-order valence-electron chi connectivity index (χ0n) is 17.5. The number of pyridine rings is 1. The molecule has 158 valence electrons. The van der Waals surface area contributed by atoms with Crippen LogP contribution < -0.4 is 20.1 Å². The van der Waals surface area contributed by atoms with Crippen molar-refractivity contribution in [1.82, 2.24) is 10.3 Å². The van der Waals surface area contributed by atoms with Crippen LogP contribution in [0.25, 0.3) is 0 Å². The summed E-state index contributed by atoms with van der Waals surface area (Å²) in [4.78, 5) is 21.5. The lowest BCUT2D eigenvalue weighted by Crippen LogP contribution is -2.36. The first-order valence-corrected chi connectivity index (χ1v) is 10.1. The molecular weight excluding hydrogens is 392 g/mol. The zero-order valence-corrected chi connectivity index (χ0v) is 17.5. The number of fused-ring (bicyclic) bond motifs is 1. The van der Waals surface area contributed by atoms with Crippen LogP contribution in [-0.2, 0) is 6.54 Å². The number of ether oxygens (including phenoxy) is 2. The zero-order chi connectivity index (χ0) is 21.6. The molecule has 0 bridgehead atoms. The number of aliphatic imine (C=N–C) groups is 1. The van der Waals surface area contributed by atoms with Gasteiger partial charge in [0.15, 0.2) is 11.5 Å². The number of amides is 1. The lowest BCUT2D eigenvalue weighted by molar-refractivity contribution is 0.0976. The maximum Gasteiger partial charge on any atom is 0.258 e. The molecule has 0 atom stereocenters. The highest BCUT2D eigenvalue weighted by Gasteiger charge is 2.17. The second kappa shape index (κ2) is 9.30. The van der Waals surface area contributed by atoms with Crippen molar-refractivity contribution in [3.63, 3.8) is 0 Å². The van der Waals surface area contributed by atoms with Crippen molar-refractivity contribution in [2.24, 2.45) is 4.99 Å². The van der Waals surface area contributed by atoms with Crippen LogP contribution in [0.15, 0.2) is 72.0 Å². The molecule has 2 aromatic carbocycles. The van der Waals surface area contributed by atoms with E-state index in [1.807, 2.05) is 24.3 Å². The normalized spacial score (nSPS) is 12.7. The second-order valence-electron chi connectivity index (χ2n) is 7.44. The van der Waals surface area contributed by atoms with Gasteiger partial charge in [-0.15, -0.1) is 0 Å². The van der Waals surface area contributed by atoms with Crippen LogP contribution in [0.3, 0.4) is 0 Å². The van der Waals surface area contributed by atoms with Gasteiger partial charge in [-0.1, -0.05) is 26.0 Å². The number of nitrogens with zero attached hydrogens (tertiary/aromatic N) is 2. The first-order chi connectivity index (χ1) is 15.1. The summed E-state index contributed by atoms with van der Waals surface area (Å²) in [5.74, 6) is 1.70. The van der Waals surface area contributed by atoms with Crippen LogP contribution in [0.2, 0.25) is 0 Å². The molecule has 0 saturated carbocycles. The fraction of sp³-hybridized carbons (Fsp3) is 0.208. The number of anilines is 1. The third-order valence-electron chi connectivity index (χ3n) is 4.88. The number of benzene rings is 2. The van der Waals surface area contributed by atoms with Gasteiger partial charge in [0.05, 0.1) is 6.54 Å². The summed E-state index contributed by atoms with van der Waals surface area (Å²) in [5, 5.41) is 6.08. The Kier molecular flexibility index (Phi) is 6.12. The molecule has 31 heavy (non-hydrogen) atoms. The van der Waals surface area contributed by atoms with Crippen LogP contribution >= 0.6 is 0 Å². The Morgan fingerprint density at radius 3 is 2.52 bits per heavy atom. The molecule has 0 spiro atoms. The highest BCUT2D eigenvalue weighted by molar-refractivity contribution is 6.10. The summed E-state index contributed by atoms with van der Waals surface area (Å²) < 4.78 is 10.7. The molecule has 1 aromatic heterocycles. The quantitative estimate of drug-likeness (QED) is 0.478. The van der Waals surface area contributed by atoms with E-state index in [-0.39, 0.29) is 12.7 Å². The van der Waals surface area contributed by atoms with Crippen molar-refractivity contribution < 1.29 is 14.3 Å². The standard InChI is InChI=1S/C24H24N4O3/c1-16(2)18-3-6-20(7-4-18)27-24(26-14-17-9-11-25-12-10-17)28-23(29)19-5-8-21-22(13-19)31-15-30-21/h3-13,16H,14-15H2,1-2H3,(H2,26,27,28,29). The van der Waals surface area contributed by atoms with Gasteiger partial charge in [-0.05, 0) is 59.5 Å². The Bertz CT molecular complexity index is 1080. The molecule has 0 unspecified atom stereocenters. The van der Waals surface area contributed by atoms with Crippen LogP contribution in [0.4, 0.5) is 5.69 Å². The molecule has 2 heterocycles. The fourth-order valence-electron chi connectivity index (χ4n) is 3.07. The Balaban J connectivity index is 1.53. The van der Waals surface area contributed by atoms with Crippen molar-refractivity contribution >= 4 is 17.6 Å². The molecule has 1 aliphatic rings. The summed E-state index contributed by atoms with van der Waals surface area (Å²) in [6.45, 7) is 4.86. The molecule has 7 nitrogen and oxygen atoms in total. The summed E-state index contributed by atoms with van der Waals surface area (Å²) in [6.07, 6.45) is 3.43. The van der Waals surface area contributed by atoms with Crippen molar-refractivity contribution in [3.8, 4) is 11.5 Å². The molecule has 0 radical (unpaired) electrons. The van der Waals surface area contributed by atoms with E-state index in [2.05, 4.69) is 46.6 Å². The topological polar surface area (TPSA) is 84.8 Å². The Morgan fingerprint density at radius 1 is 1.03 bits per heavy atom. The molecule has 1 amide bonds. The summed E-state index contributed by atoms with van der Waals surface area (Å²) >= 11 is 0. The van der Waals surface area contributed by atoms with Gasteiger partial charge < -0.3 is 14.8 Å². The summed E-state index contributed by atoms with van der Waals surface area (Å²) in [7, 11) is 0. The first kappa shape index (κ1) is 20.4. The van der Waals surface area contributed by atoms with E-state index in [1.54, 1.807) is 30.6 Å². The predicted octanol–water partition coefficient (Wildman–Crippen LogP) is 4.33. The summed E-state index contributed by atoms with van der Waals surface area (Å²) in [6, 6.07) is 16.9. The van der Waals surface area contributed by atoms with Gasteiger partial charge in [-0.2, -0.15) is 0 Å². The third kappa shape index (κ3) is 5.19. The molecule has 7 heteroatoms. The van der Waals surface area contributed by atoms with Crippen LogP contribution in [0.5, 0.6) is 11.5 Å². The minimum absolute atomic E-state index is 0.160. The van der Waals surface area contributed by atoms with Crippen molar-refractivity contribution in [2.75, 3.05) is 12.1 Å². The van der Waals surface area contributed by atoms with E-state index >= 15 is 0 Å². The predicted molar refractivity (Wildman–Crippen MR) is 120 cm³/mol. The SMILES string of the molecule is CC(C)c1ccc(NC(=NCc2ccncc2)NC(=O)c2ccc3c(c2)OCO3)cc1. The number of guanidine groups is 1. The molecule has 4 rings (SSSR count). The van der Waals surface area contributed by atoms with Crippen molar-refractivity contribution in [1.29, 1.82) is 0 Å². The number of carbonyl (C=O) groups excluding carboxylic acids is 1. The third-order valence-corrected chi connectivity index (χ3v) is 4.88. The number of hydrogen-bond donors (Lipinski definition) is 2. The van der Waals surface area contributed by atoms with Crippen molar-refractivity contribution in [3.05, 3.63) is 83.7 Å². The van der Waals surface area contributed by atoms with Gasteiger partial charge in [0.2, 0.25) is 12.8 Å².